The first kappa shape index (κ1) is 30.7. The van der Waals surface area contributed by atoms with Crippen LogP contribution < -0.4 is 10.5 Å². The number of carbonyl (C=O) groups is 2. The van der Waals surface area contributed by atoms with Crippen molar-refractivity contribution in [3.63, 3.8) is 0 Å². The van der Waals surface area contributed by atoms with Gasteiger partial charge in [0.1, 0.15) is 17.6 Å². The van der Waals surface area contributed by atoms with Gasteiger partial charge >= 0.3 is 0 Å². The van der Waals surface area contributed by atoms with E-state index in [0.717, 1.165) is 50.1 Å². The van der Waals surface area contributed by atoms with Gasteiger partial charge in [0.15, 0.2) is 5.78 Å². The second-order valence-corrected chi connectivity index (χ2v) is 10.4. The maximum absolute atomic E-state index is 12.5. The third kappa shape index (κ3) is 8.33. The van der Waals surface area contributed by atoms with Gasteiger partial charge in [-0.1, -0.05) is 50.2 Å². The van der Waals surface area contributed by atoms with E-state index in [9.17, 15) is 14.7 Å². The molecule has 0 saturated carbocycles. The number of benzene rings is 3. The summed E-state index contributed by atoms with van der Waals surface area (Å²) in [6.45, 7) is 8.50. The van der Waals surface area contributed by atoms with Crippen LogP contribution in [0.1, 0.15) is 71.0 Å². The van der Waals surface area contributed by atoms with Crippen LogP contribution in [-0.4, -0.2) is 59.9 Å². The maximum atomic E-state index is 12.5. The Morgan fingerprint density at radius 2 is 1.62 bits per heavy atom. The van der Waals surface area contributed by atoms with Gasteiger partial charge in [0.25, 0.3) is 5.91 Å². The van der Waals surface area contributed by atoms with Crippen molar-refractivity contribution in [1.29, 1.82) is 0 Å². The summed E-state index contributed by atoms with van der Waals surface area (Å²) in [6, 6.07) is 18.7. The Morgan fingerprint density at radius 1 is 0.975 bits per heavy atom. The molecule has 0 spiro atoms. The van der Waals surface area contributed by atoms with Gasteiger partial charge < -0.3 is 25.4 Å². The van der Waals surface area contributed by atoms with Crippen LogP contribution in [0.15, 0.2) is 60.7 Å². The quantitative estimate of drug-likeness (QED) is 0.277. The molecule has 1 aliphatic rings. The highest BCUT2D eigenvalue weighted by atomic mass is 16.5. The van der Waals surface area contributed by atoms with Gasteiger partial charge in [0, 0.05) is 44.0 Å². The molecule has 40 heavy (non-hydrogen) atoms. The van der Waals surface area contributed by atoms with Gasteiger partial charge in [0.2, 0.25) is 0 Å². The lowest BCUT2D eigenvalue weighted by Gasteiger charge is -2.29. The van der Waals surface area contributed by atoms with E-state index >= 15 is 0 Å². The van der Waals surface area contributed by atoms with E-state index in [-0.39, 0.29) is 34.3 Å². The molecule has 0 aromatic heterocycles. The van der Waals surface area contributed by atoms with Crippen molar-refractivity contribution in [2.24, 2.45) is 0 Å². The van der Waals surface area contributed by atoms with Gasteiger partial charge in [-0.2, -0.15) is 0 Å². The number of carbonyl (C=O) groups excluding carboxylic acids is 2. The number of ketones is 1. The van der Waals surface area contributed by atoms with E-state index in [1.807, 2.05) is 30.3 Å². The smallest absolute Gasteiger partial charge is 0.257 e. The van der Waals surface area contributed by atoms with Gasteiger partial charge in [0.05, 0.1) is 5.56 Å². The van der Waals surface area contributed by atoms with E-state index < -0.39 is 0 Å². The molecule has 4 rings (SSSR count). The molecule has 0 unspecified atom stereocenters. The SMILES string of the molecule is CC(=O)c1cc(C(=O)N(C)Cc2ccccc2)c(O)cc1N.CCc1ccc(OC2CCN(C)CC2)cc1CC. The Morgan fingerprint density at radius 3 is 2.23 bits per heavy atom. The Bertz CT molecular complexity index is 1280. The zero-order valence-corrected chi connectivity index (χ0v) is 24.4. The van der Waals surface area contributed by atoms with Crippen molar-refractivity contribution in [3.05, 3.63) is 88.5 Å². The lowest BCUT2D eigenvalue weighted by Crippen LogP contribution is -2.35. The molecule has 7 nitrogen and oxygen atoms in total. The van der Waals surface area contributed by atoms with E-state index in [4.69, 9.17) is 10.5 Å². The van der Waals surface area contributed by atoms with Crippen LogP contribution in [0.4, 0.5) is 5.69 Å². The molecule has 7 heteroatoms. The Labute approximate surface area is 238 Å². The standard InChI is InChI=1S/C17H18N2O3.C16H25NO/c1-11(20)13-8-14(16(21)9-15(13)18)17(22)19(2)10-12-6-4-3-5-7-12;1-4-13-6-7-16(12-14(13)5-2)18-15-8-10-17(3)11-9-15/h3-9,21H,10,18H2,1-2H3;6-7,12,15H,4-5,8-11H2,1-3H3. The molecule has 0 atom stereocenters. The number of nitrogens with two attached hydrogens (primary N) is 1. The van der Waals surface area contributed by atoms with E-state index in [1.54, 1.807) is 7.05 Å². The summed E-state index contributed by atoms with van der Waals surface area (Å²) in [5, 5.41) is 9.94. The molecular formula is C33H43N3O4. The molecular weight excluding hydrogens is 502 g/mol. The topological polar surface area (TPSA) is 96.1 Å². The number of Topliss-reactive ketones (excluding diaryl/α,β-unsaturated/α-hetero) is 1. The maximum Gasteiger partial charge on any atom is 0.257 e. The van der Waals surface area contributed by atoms with Crippen molar-refractivity contribution in [3.8, 4) is 11.5 Å². The van der Waals surface area contributed by atoms with Crippen LogP contribution in [0, 0.1) is 0 Å². The van der Waals surface area contributed by atoms with E-state index in [2.05, 4.69) is 44.0 Å². The van der Waals surface area contributed by atoms with Gasteiger partial charge in [-0.15, -0.1) is 0 Å². The number of likely N-dealkylation sites (tertiary alicyclic amines) is 1. The van der Waals surface area contributed by atoms with Crippen molar-refractivity contribution < 1.29 is 19.4 Å². The summed E-state index contributed by atoms with van der Waals surface area (Å²) >= 11 is 0. The molecule has 0 bridgehead atoms. The number of ether oxygens (including phenoxy) is 1. The van der Waals surface area contributed by atoms with Crippen LogP contribution in [0.2, 0.25) is 0 Å². The Balaban J connectivity index is 0.000000225. The summed E-state index contributed by atoms with van der Waals surface area (Å²) < 4.78 is 6.12. The molecule has 3 aromatic rings. The first-order valence-electron chi connectivity index (χ1n) is 14.0. The van der Waals surface area contributed by atoms with Crippen molar-refractivity contribution >= 4 is 17.4 Å². The zero-order valence-electron chi connectivity index (χ0n) is 24.4. The summed E-state index contributed by atoms with van der Waals surface area (Å²) in [6.07, 6.45) is 4.89. The number of hydrogen-bond acceptors (Lipinski definition) is 6. The predicted molar refractivity (Wildman–Crippen MR) is 161 cm³/mol. The minimum absolute atomic E-state index is 0.0674. The molecule has 0 aliphatic carbocycles. The van der Waals surface area contributed by atoms with Crippen molar-refractivity contribution in [2.75, 3.05) is 32.9 Å². The van der Waals surface area contributed by atoms with Crippen molar-refractivity contribution in [1.82, 2.24) is 9.80 Å². The molecule has 1 saturated heterocycles. The lowest BCUT2D eigenvalue weighted by atomic mass is 10.0. The number of aromatic hydroxyl groups is 1. The third-order valence-electron chi connectivity index (χ3n) is 7.29. The second-order valence-electron chi connectivity index (χ2n) is 10.4. The van der Waals surface area contributed by atoms with Crippen molar-refractivity contribution in [2.45, 2.75) is 59.1 Å². The number of piperidine rings is 1. The summed E-state index contributed by atoms with van der Waals surface area (Å²) in [5.41, 5.74) is 10.0. The third-order valence-corrected chi connectivity index (χ3v) is 7.29. The number of amides is 1. The number of aryl methyl sites for hydroxylation is 2. The number of nitrogen functional groups attached to an aromatic ring is 1. The fourth-order valence-corrected chi connectivity index (χ4v) is 4.86. The first-order chi connectivity index (χ1) is 19.1. The summed E-state index contributed by atoms with van der Waals surface area (Å²) in [7, 11) is 3.82. The molecule has 0 radical (unpaired) electrons. The monoisotopic (exact) mass is 545 g/mol. The number of phenols is 1. The molecule has 3 N–H and O–H groups in total. The molecule has 1 heterocycles. The number of rotatable bonds is 8. The van der Waals surface area contributed by atoms with E-state index in [1.165, 1.54) is 35.1 Å². The average molecular weight is 546 g/mol. The summed E-state index contributed by atoms with van der Waals surface area (Å²) in [5.74, 6) is 0.201. The van der Waals surface area contributed by atoms with Gasteiger partial charge in [-0.25, -0.2) is 0 Å². The van der Waals surface area contributed by atoms with Crippen LogP contribution in [0.25, 0.3) is 0 Å². The summed E-state index contributed by atoms with van der Waals surface area (Å²) in [4.78, 5) is 27.8. The normalized spacial score (nSPS) is 13.7. The largest absolute Gasteiger partial charge is 0.507 e. The molecule has 1 aliphatic heterocycles. The molecule has 3 aromatic carbocycles. The van der Waals surface area contributed by atoms with Gasteiger partial charge in [-0.05, 0) is 74.5 Å². The highest BCUT2D eigenvalue weighted by Gasteiger charge is 2.20. The second kappa shape index (κ2) is 14.5. The van der Waals surface area contributed by atoms with Crippen LogP contribution in [0.5, 0.6) is 11.5 Å². The number of anilines is 1. The Hall–Kier alpha value is -3.84. The highest BCUT2D eigenvalue weighted by Crippen LogP contribution is 2.26. The number of phenolic OH excluding ortho intramolecular Hbond substituents is 1. The molecule has 1 amide bonds. The zero-order chi connectivity index (χ0) is 29.2. The Kier molecular flexibility index (Phi) is 11.1. The van der Waals surface area contributed by atoms with E-state index in [0.29, 0.717) is 12.6 Å². The van der Waals surface area contributed by atoms with Crippen LogP contribution in [-0.2, 0) is 19.4 Å². The number of hydrogen-bond donors (Lipinski definition) is 2. The predicted octanol–water partition coefficient (Wildman–Crippen LogP) is 5.73. The first-order valence-corrected chi connectivity index (χ1v) is 14.0. The fraction of sp³-hybridized carbons (Fsp3) is 0.394. The molecule has 214 valence electrons. The van der Waals surface area contributed by atoms with Crippen LogP contribution in [0.3, 0.4) is 0 Å². The lowest BCUT2D eigenvalue weighted by molar-refractivity contribution is 0.0782. The van der Waals surface area contributed by atoms with Crippen LogP contribution >= 0.6 is 0 Å². The minimum Gasteiger partial charge on any atom is -0.507 e. The average Bonchev–Trinajstić information content (AvgIpc) is 2.94. The molecule has 1 fully saturated rings. The highest BCUT2D eigenvalue weighted by molar-refractivity contribution is 6.04. The fourth-order valence-electron chi connectivity index (χ4n) is 4.86. The van der Waals surface area contributed by atoms with Gasteiger partial charge in [-0.3, -0.25) is 9.59 Å². The number of nitrogens with zero attached hydrogens (tertiary/aromatic N) is 2. The minimum atomic E-state index is -0.371.